The zero-order valence-corrected chi connectivity index (χ0v) is 71.2. The SMILES string of the molecule is CC(C)(C)[Si](C)(C)O[C@@H]1[C@@H]2OP(O)(=S)OC[C@@H]3C[C@@H](OP(=O)(S)OC[C@H]2O[C@H]1n1cc2c4c(ncnc41)CCCC2)[C@H](n1cnc2c(=O)n(CCO)cnc21)O3.O=c1c2ncn([C@@H]3O[C@@H]4COP([O-])(=S)O[C@H]5[C@@H](O)[C@H](n6cc7c8c(ncnc86)CCCC7)O[C@@H]5COP(O)(=S)O[C@@H]3C4)c2ncn1CCO.[Na+].[Na+]. The molecule has 47 heteroatoms. The van der Waals surface area contributed by atoms with Crippen molar-refractivity contribution in [1.82, 2.24) is 67.3 Å². The number of hydrogen-bond acceptors (Lipinski definition) is 31. The molecule has 0 saturated carbocycles. The van der Waals surface area contributed by atoms with Gasteiger partial charge >= 0.3 is 79.3 Å². The van der Waals surface area contributed by atoms with Crippen LogP contribution in [0.25, 0.3) is 44.4 Å². The standard InChI is InChI=1S/C33H47N7O11P2S2Si.C27H33N7O11P2S2.2Na/c1-33(2,3)56(4,5)51-27-26-23(48-32(27)39-13-19-8-6-7-9-21-24(19)28(39)35-16-34-21)15-46-52(43,54)49-22-12-20(14-45-53(44,55)50-26)47-31(22)40-18-36-25-29(40)37-17-38(10-11-41)30(25)42;35-6-5-32-12-31-24-20(25(32)37)30-13-34(24)26-17-7-15(42-26)9-40-47(39,49)45-22-18(10-41-46(38,48)44-17)43-27(21(22)36)33-8-14-3-1-2-4-16-19(14)23(33)29-11-28-16;;/h13,16-18,20,22-23,26-27,31-32,41H,6-12,14-15H2,1-5H3,(H,43,54)(H,44,55);8,11-13,15,17-18,21-22,26-27,35-36H,1-7,9-10H2,(H,38,48)(H,39,49);;/q;;2*+1/p-1/t20-,22+,23+,26+,27+,31+,32+,52?,53?;15-,17+,18+,21+,22+,26+,27+,46?,47?;;/m00../s1. The molecule has 36 nitrogen and oxygen atoms in total. The molecule has 8 aromatic heterocycles. The van der Waals surface area contributed by atoms with Crippen LogP contribution in [0.2, 0.25) is 18.1 Å². The van der Waals surface area contributed by atoms with Crippen LogP contribution in [-0.2, 0) is 138 Å². The van der Waals surface area contributed by atoms with E-state index < -0.39 is 139 Å². The van der Waals surface area contributed by atoms with Crippen LogP contribution in [0.3, 0.4) is 0 Å². The molecule has 570 valence electrons. The van der Waals surface area contributed by atoms with Crippen molar-refractivity contribution in [3.63, 3.8) is 0 Å². The maximum Gasteiger partial charge on any atom is 1.00 e. The van der Waals surface area contributed by atoms with Crippen LogP contribution < -0.4 is 75.1 Å². The summed E-state index contributed by atoms with van der Waals surface area (Å²) >= 11 is 20.7. The first-order valence-electron chi connectivity index (χ1n) is 34.3. The van der Waals surface area contributed by atoms with E-state index >= 15 is 0 Å². The molecule has 6 fully saturated rings. The molecule has 0 spiro atoms. The van der Waals surface area contributed by atoms with E-state index in [-0.39, 0.29) is 145 Å². The smallest absolute Gasteiger partial charge is 0.780 e. The van der Waals surface area contributed by atoms with E-state index in [1.54, 1.807) is 10.9 Å². The Hall–Kier alpha value is -2.07. The molecule has 4 bridgehead atoms. The van der Waals surface area contributed by atoms with Crippen molar-refractivity contribution in [1.29, 1.82) is 0 Å². The van der Waals surface area contributed by atoms with E-state index in [1.165, 1.54) is 49.9 Å². The molecule has 0 radical (unpaired) electrons. The molecule has 8 aliphatic rings. The van der Waals surface area contributed by atoms with Gasteiger partial charge in [0.05, 0.1) is 89.0 Å². The number of hydrogen-bond donors (Lipinski definition) is 6. The van der Waals surface area contributed by atoms with Gasteiger partial charge in [0.2, 0.25) is 0 Å². The van der Waals surface area contributed by atoms with Crippen molar-refractivity contribution < 1.29 is 153 Å². The Morgan fingerprint density at radius 2 is 1.06 bits per heavy atom. The number of aliphatic hydroxyl groups is 3. The summed E-state index contributed by atoms with van der Waals surface area (Å²) in [6, 6.07) is 0. The third kappa shape index (κ3) is 17.0. The number of aromatic nitrogens is 14. The average Bonchev–Trinajstić information content (AvgIpc) is 1.60. The molecule has 14 heterocycles. The van der Waals surface area contributed by atoms with Crippen molar-refractivity contribution >= 4 is 127 Å². The molecule has 18 atom stereocenters. The second-order valence-corrected chi connectivity index (χ2v) is 44.3. The van der Waals surface area contributed by atoms with Gasteiger partial charge in [-0.05, 0) is 104 Å². The van der Waals surface area contributed by atoms with E-state index in [0.717, 1.165) is 84.7 Å². The minimum atomic E-state index is -4.28. The molecule has 8 aromatic rings. The number of fused-ring (bicyclic) bond motifs is 8. The predicted molar refractivity (Wildman–Crippen MR) is 386 cm³/mol. The summed E-state index contributed by atoms with van der Waals surface area (Å²) < 4.78 is 103. The minimum absolute atomic E-state index is 0. The molecular formula is C60H79N14Na2O22P4S4Si+. The van der Waals surface area contributed by atoms with Gasteiger partial charge in [0.15, 0.2) is 55.6 Å². The van der Waals surface area contributed by atoms with Crippen LogP contribution in [0.1, 0.15) is 107 Å². The fourth-order valence-corrected chi connectivity index (χ4v) is 21.6. The van der Waals surface area contributed by atoms with Crippen LogP contribution in [0.15, 0.2) is 59.9 Å². The Labute approximate surface area is 677 Å². The number of rotatable bonds is 10. The first kappa shape index (κ1) is 82.9. The molecule has 107 heavy (non-hydrogen) atoms. The predicted octanol–water partition coefficient (Wildman–Crippen LogP) is -1.36. The van der Waals surface area contributed by atoms with E-state index in [1.807, 2.05) is 17.0 Å². The maximum absolute atomic E-state index is 14.1. The third-order valence-corrected chi connectivity index (χ3v) is 31.2. The van der Waals surface area contributed by atoms with E-state index in [4.69, 9.17) is 100.0 Å². The van der Waals surface area contributed by atoms with Gasteiger partial charge in [-0.2, -0.15) is 0 Å². The number of thiol groups is 1. The molecule has 2 aliphatic carbocycles. The molecule has 16 rings (SSSR count). The fourth-order valence-electron chi connectivity index (χ4n) is 14.4. The van der Waals surface area contributed by atoms with E-state index in [9.17, 15) is 44.2 Å². The van der Waals surface area contributed by atoms with Crippen LogP contribution in [0.5, 0.6) is 0 Å². The average molecular weight is 1670 g/mol. The summed E-state index contributed by atoms with van der Waals surface area (Å²) in [6.07, 6.45) is 5.68. The van der Waals surface area contributed by atoms with Crippen molar-refractivity contribution in [2.75, 3.05) is 39.6 Å². The van der Waals surface area contributed by atoms with Gasteiger partial charge in [0, 0.05) is 36.0 Å². The molecule has 0 amide bonds. The second-order valence-electron chi connectivity index (χ2n) is 28.4. The third-order valence-electron chi connectivity index (χ3n) is 20.4. The Kier molecular flexibility index (Phi) is 25.5. The maximum atomic E-state index is 14.1. The van der Waals surface area contributed by atoms with Crippen molar-refractivity contribution in [2.24, 2.45) is 0 Å². The van der Waals surface area contributed by atoms with Crippen molar-refractivity contribution in [3.8, 4) is 0 Å². The van der Waals surface area contributed by atoms with Gasteiger partial charge in [-0.3, -0.25) is 41.4 Å². The Balaban J connectivity index is 0.000000187. The van der Waals surface area contributed by atoms with Gasteiger partial charge in [0.25, 0.3) is 11.1 Å². The summed E-state index contributed by atoms with van der Waals surface area (Å²) in [6.45, 7) is -7.67. The summed E-state index contributed by atoms with van der Waals surface area (Å²) in [5.74, 6) is 0. The topological polar surface area (TPSA) is 428 Å². The largest absolute Gasteiger partial charge is 1.00 e. The zero-order valence-electron chi connectivity index (χ0n) is 59.3. The second kappa shape index (κ2) is 32.9. The fraction of sp³-hybridized carbons (Fsp3) is 0.633. The normalized spacial score (nSPS) is 33.6. The van der Waals surface area contributed by atoms with E-state index in [2.05, 4.69) is 81.0 Å². The molecular weight excluding hydrogens is 1590 g/mol. The summed E-state index contributed by atoms with van der Waals surface area (Å²) in [4.78, 5) is 97.8. The minimum Gasteiger partial charge on any atom is -0.780 e. The Bertz CT molecular complexity index is 4960. The Morgan fingerprint density at radius 1 is 0.579 bits per heavy atom. The molecule has 0 aromatic carbocycles. The number of ether oxygens (including phenoxy) is 4. The van der Waals surface area contributed by atoms with Gasteiger partial charge < -0.3 is 85.1 Å². The Morgan fingerprint density at radius 3 is 1.60 bits per heavy atom. The van der Waals surface area contributed by atoms with Crippen LogP contribution >= 0.6 is 39.2 Å². The van der Waals surface area contributed by atoms with Gasteiger partial charge in [0.1, 0.15) is 92.2 Å². The van der Waals surface area contributed by atoms with Crippen molar-refractivity contribution in [3.05, 3.63) is 93.6 Å². The van der Waals surface area contributed by atoms with Gasteiger partial charge in [-0.25, -0.2) is 44.4 Å². The first-order chi connectivity index (χ1) is 50.0. The summed E-state index contributed by atoms with van der Waals surface area (Å²) in [5.41, 5.74) is 4.76. The summed E-state index contributed by atoms with van der Waals surface area (Å²) in [7, 11) is -2.57. The molecule has 6 aliphatic heterocycles. The number of nitrogens with zero attached hydrogens (tertiary/aromatic N) is 14. The van der Waals surface area contributed by atoms with Crippen LogP contribution in [-0.4, -0.2) is 201 Å². The number of aryl methyl sites for hydroxylation is 4. The quantitative estimate of drug-likeness (QED) is 0.0523. The first-order valence-corrected chi connectivity index (χ1v) is 47.6. The summed E-state index contributed by atoms with van der Waals surface area (Å²) in [5, 5.41) is 31.9. The van der Waals surface area contributed by atoms with Gasteiger partial charge in [-0.1, -0.05) is 44.8 Å². The molecule has 6 saturated heterocycles. The van der Waals surface area contributed by atoms with Crippen LogP contribution in [0, 0.1) is 0 Å². The number of aliphatic hydroxyl groups excluding tert-OH is 3. The van der Waals surface area contributed by atoms with E-state index in [0.29, 0.717) is 11.3 Å². The van der Waals surface area contributed by atoms with Gasteiger partial charge in [-0.15, -0.1) is 0 Å². The molecule has 5 N–H and O–H groups in total. The monoisotopic (exact) mass is 1670 g/mol. The van der Waals surface area contributed by atoms with Crippen LogP contribution in [0.4, 0.5) is 0 Å². The number of imidazole rings is 2. The molecule has 4 unspecified atom stereocenters. The van der Waals surface area contributed by atoms with Crippen molar-refractivity contribution in [2.45, 2.75) is 202 Å². The zero-order chi connectivity index (χ0) is 73.9.